The molecule has 0 saturated heterocycles. The van der Waals surface area contributed by atoms with Crippen LogP contribution in [0.3, 0.4) is 0 Å². The molecule has 0 bridgehead atoms. The van der Waals surface area contributed by atoms with Crippen LogP contribution >= 0.6 is 0 Å². The van der Waals surface area contributed by atoms with Gasteiger partial charge in [-0.2, -0.15) is 4.68 Å². The summed E-state index contributed by atoms with van der Waals surface area (Å²) < 4.78 is 1.36. The molecular formula is C10H8N4O3. The first kappa shape index (κ1) is 10.8. The second kappa shape index (κ2) is 4.44. The quantitative estimate of drug-likeness (QED) is 0.746. The van der Waals surface area contributed by atoms with Crippen LogP contribution in [0.2, 0.25) is 0 Å². The lowest BCUT2D eigenvalue weighted by atomic mass is 10.3. The van der Waals surface area contributed by atoms with E-state index < -0.39 is 5.97 Å². The smallest absolute Gasteiger partial charge is 0.328 e. The second-order valence-electron chi connectivity index (χ2n) is 3.14. The predicted octanol–water partition coefficient (Wildman–Crippen LogP) is 0.466. The van der Waals surface area contributed by atoms with Gasteiger partial charge < -0.3 is 10.2 Å². The first-order valence-corrected chi connectivity index (χ1v) is 4.65. The van der Waals surface area contributed by atoms with Gasteiger partial charge in [0.2, 0.25) is 0 Å². The first-order chi connectivity index (χ1) is 8.16. The molecule has 2 rings (SSSR count). The van der Waals surface area contributed by atoms with Crippen LogP contribution in [0, 0.1) is 0 Å². The van der Waals surface area contributed by atoms with E-state index in [0.29, 0.717) is 5.69 Å². The lowest BCUT2D eigenvalue weighted by molar-refractivity contribution is -0.131. The van der Waals surface area contributed by atoms with E-state index in [9.17, 15) is 4.79 Å². The standard InChI is InChI=1S/C10H8N4O3/c15-8-3-1-7(2-4-8)14-9(11-12-13-14)5-6-10(16)17/h1-6,15H,(H,16,17)/b6-5+. The van der Waals surface area contributed by atoms with Crippen LogP contribution in [0.4, 0.5) is 0 Å². The lowest BCUT2D eigenvalue weighted by Gasteiger charge is -2.01. The second-order valence-corrected chi connectivity index (χ2v) is 3.14. The zero-order chi connectivity index (χ0) is 12.3. The molecule has 2 aromatic rings. The van der Waals surface area contributed by atoms with E-state index in [1.54, 1.807) is 12.1 Å². The van der Waals surface area contributed by atoms with Gasteiger partial charge in [-0.25, -0.2) is 4.79 Å². The summed E-state index contributed by atoms with van der Waals surface area (Å²) in [6, 6.07) is 6.21. The number of phenols is 1. The van der Waals surface area contributed by atoms with E-state index in [-0.39, 0.29) is 11.6 Å². The molecule has 0 aliphatic rings. The van der Waals surface area contributed by atoms with Crippen molar-refractivity contribution in [3.63, 3.8) is 0 Å². The Balaban J connectivity index is 2.36. The average molecular weight is 232 g/mol. The maximum atomic E-state index is 10.4. The van der Waals surface area contributed by atoms with Crippen LogP contribution in [0.15, 0.2) is 30.3 Å². The van der Waals surface area contributed by atoms with Gasteiger partial charge in [-0.3, -0.25) is 0 Å². The van der Waals surface area contributed by atoms with Crippen LogP contribution in [-0.2, 0) is 4.79 Å². The minimum Gasteiger partial charge on any atom is -0.508 e. The van der Waals surface area contributed by atoms with Gasteiger partial charge in [-0.05, 0) is 40.8 Å². The number of benzene rings is 1. The van der Waals surface area contributed by atoms with Crippen molar-refractivity contribution in [2.45, 2.75) is 0 Å². The Morgan fingerprint density at radius 3 is 2.65 bits per heavy atom. The molecule has 0 amide bonds. The van der Waals surface area contributed by atoms with Crippen LogP contribution in [0.25, 0.3) is 11.8 Å². The normalized spacial score (nSPS) is 10.8. The summed E-state index contributed by atoms with van der Waals surface area (Å²) in [5, 5.41) is 28.5. The van der Waals surface area contributed by atoms with E-state index in [1.165, 1.54) is 22.9 Å². The Hall–Kier alpha value is -2.70. The van der Waals surface area contributed by atoms with Gasteiger partial charge >= 0.3 is 5.97 Å². The summed E-state index contributed by atoms with van der Waals surface area (Å²) in [4.78, 5) is 10.4. The van der Waals surface area contributed by atoms with Gasteiger partial charge in [0.05, 0.1) is 5.69 Å². The van der Waals surface area contributed by atoms with Crippen LogP contribution in [0.1, 0.15) is 5.82 Å². The van der Waals surface area contributed by atoms with Crippen molar-refractivity contribution in [2.24, 2.45) is 0 Å². The third kappa shape index (κ3) is 2.46. The molecule has 0 spiro atoms. The van der Waals surface area contributed by atoms with Crippen molar-refractivity contribution < 1.29 is 15.0 Å². The van der Waals surface area contributed by atoms with E-state index in [0.717, 1.165) is 6.08 Å². The summed E-state index contributed by atoms with van der Waals surface area (Å²) >= 11 is 0. The third-order valence-electron chi connectivity index (χ3n) is 1.96. The molecule has 0 fully saturated rings. The number of carbonyl (C=O) groups is 1. The highest BCUT2D eigenvalue weighted by Crippen LogP contribution is 2.13. The fraction of sp³-hybridized carbons (Fsp3) is 0. The van der Waals surface area contributed by atoms with E-state index in [4.69, 9.17) is 10.2 Å². The molecule has 0 aliphatic heterocycles. The highest BCUT2D eigenvalue weighted by Gasteiger charge is 2.05. The lowest BCUT2D eigenvalue weighted by Crippen LogP contribution is -1.99. The summed E-state index contributed by atoms with van der Waals surface area (Å²) in [6.45, 7) is 0. The molecule has 86 valence electrons. The Kier molecular flexibility index (Phi) is 2.82. The largest absolute Gasteiger partial charge is 0.508 e. The molecular weight excluding hydrogens is 224 g/mol. The molecule has 7 nitrogen and oxygen atoms in total. The predicted molar refractivity (Wildman–Crippen MR) is 57.5 cm³/mol. The molecule has 0 aliphatic carbocycles. The number of carboxylic acids is 1. The van der Waals surface area contributed by atoms with Crippen LogP contribution in [-0.4, -0.2) is 36.4 Å². The fourth-order valence-corrected chi connectivity index (χ4v) is 1.22. The average Bonchev–Trinajstić information content (AvgIpc) is 2.75. The Morgan fingerprint density at radius 1 is 1.29 bits per heavy atom. The number of aromatic nitrogens is 4. The number of carboxylic acid groups (broad SMARTS) is 1. The number of aliphatic carboxylic acids is 1. The number of hydrogen-bond acceptors (Lipinski definition) is 5. The van der Waals surface area contributed by atoms with Crippen molar-refractivity contribution in [3.8, 4) is 11.4 Å². The van der Waals surface area contributed by atoms with Gasteiger partial charge in [-0.1, -0.05) is 0 Å². The molecule has 7 heteroatoms. The number of aromatic hydroxyl groups is 1. The van der Waals surface area contributed by atoms with Gasteiger partial charge in [0, 0.05) is 6.08 Å². The highest BCUT2D eigenvalue weighted by molar-refractivity contribution is 5.84. The van der Waals surface area contributed by atoms with E-state index in [1.807, 2.05) is 0 Å². The van der Waals surface area contributed by atoms with Crippen molar-refractivity contribution in [1.29, 1.82) is 0 Å². The van der Waals surface area contributed by atoms with Crippen LogP contribution in [0.5, 0.6) is 5.75 Å². The molecule has 1 aromatic carbocycles. The van der Waals surface area contributed by atoms with Gasteiger partial charge in [0.1, 0.15) is 5.75 Å². The first-order valence-electron chi connectivity index (χ1n) is 4.65. The Bertz CT molecular complexity index is 559. The minimum absolute atomic E-state index is 0.129. The number of tetrazole rings is 1. The van der Waals surface area contributed by atoms with Gasteiger partial charge in [0.15, 0.2) is 5.82 Å². The number of rotatable bonds is 3. The summed E-state index contributed by atoms with van der Waals surface area (Å²) in [7, 11) is 0. The van der Waals surface area contributed by atoms with Gasteiger partial charge in [-0.15, -0.1) is 5.10 Å². The van der Waals surface area contributed by atoms with Crippen molar-refractivity contribution in [3.05, 3.63) is 36.2 Å². The molecule has 1 aromatic heterocycles. The molecule has 0 radical (unpaired) electrons. The van der Waals surface area contributed by atoms with Gasteiger partial charge in [0.25, 0.3) is 0 Å². The van der Waals surface area contributed by atoms with E-state index >= 15 is 0 Å². The monoisotopic (exact) mass is 232 g/mol. The maximum absolute atomic E-state index is 10.4. The summed E-state index contributed by atoms with van der Waals surface area (Å²) in [6.07, 6.45) is 2.23. The molecule has 0 atom stereocenters. The Labute approximate surface area is 95.6 Å². The van der Waals surface area contributed by atoms with Crippen molar-refractivity contribution in [1.82, 2.24) is 20.2 Å². The fourth-order valence-electron chi connectivity index (χ4n) is 1.22. The summed E-state index contributed by atoms with van der Waals surface area (Å²) in [5.41, 5.74) is 0.623. The Morgan fingerprint density at radius 2 is 2.00 bits per heavy atom. The number of phenolic OH excluding ortho intramolecular Hbond substituents is 1. The SMILES string of the molecule is O=C(O)/C=C/c1nnnn1-c1ccc(O)cc1. The van der Waals surface area contributed by atoms with Crippen molar-refractivity contribution in [2.75, 3.05) is 0 Å². The maximum Gasteiger partial charge on any atom is 0.328 e. The zero-order valence-corrected chi connectivity index (χ0v) is 8.56. The topological polar surface area (TPSA) is 101 Å². The number of hydrogen-bond donors (Lipinski definition) is 2. The molecule has 1 heterocycles. The molecule has 2 N–H and O–H groups in total. The number of nitrogens with zero attached hydrogens (tertiary/aromatic N) is 4. The molecule has 17 heavy (non-hydrogen) atoms. The van der Waals surface area contributed by atoms with E-state index in [2.05, 4.69) is 15.5 Å². The van der Waals surface area contributed by atoms with Crippen LogP contribution < -0.4 is 0 Å². The molecule has 0 unspecified atom stereocenters. The van der Waals surface area contributed by atoms with Crippen molar-refractivity contribution >= 4 is 12.0 Å². The highest BCUT2D eigenvalue weighted by atomic mass is 16.4. The third-order valence-corrected chi connectivity index (χ3v) is 1.96. The summed E-state index contributed by atoms with van der Waals surface area (Å²) in [5.74, 6) is -0.659. The molecule has 0 saturated carbocycles. The minimum atomic E-state index is -1.08. The zero-order valence-electron chi connectivity index (χ0n) is 8.56.